The minimum atomic E-state index is -0.114. The molecule has 1 rings (SSSR count). The molecule has 0 aliphatic heterocycles. The van der Waals surface area contributed by atoms with Crippen LogP contribution in [0.25, 0.3) is 0 Å². The summed E-state index contributed by atoms with van der Waals surface area (Å²) in [6, 6.07) is 0. The van der Waals surface area contributed by atoms with Gasteiger partial charge in [0.1, 0.15) is 0 Å². The summed E-state index contributed by atoms with van der Waals surface area (Å²) in [5.41, 5.74) is -0.114. The largest absolute Gasteiger partial charge is 0.370 e. The van der Waals surface area contributed by atoms with E-state index in [0.29, 0.717) is 12.0 Å². The lowest BCUT2D eigenvalue weighted by atomic mass is 10.1. The number of hydrogen-bond donors (Lipinski definition) is 0. The van der Waals surface area contributed by atoms with Crippen molar-refractivity contribution in [3.63, 3.8) is 0 Å². The van der Waals surface area contributed by atoms with Crippen LogP contribution in [0.4, 0.5) is 0 Å². The Morgan fingerprint density at radius 2 is 2.23 bits per heavy atom. The van der Waals surface area contributed by atoms with E-state index in [-0.39, 0.29) is 5.60 Å². The molecule has 1 aliphatic carbocycles. The van der Waals surface area contributed by atoms with E-state index in [1.807, 2.05) is 0 Å². The lowest BCUT2D eigenvalue weighted by molar-refractivity contribution is -0.0499. The predicted molar refractivity (Wildman–Crippen MR) is 65.9 cm³/mol. The SMILES string of the molecule is CC1CCC(OC(C)(CCl)CI)C1. The Morgan fingerprint density at radius 1 is 1.54 bits per heavy atom. The Labute approximate surface area is 99.7 Å². The Bertz CT molecular complexity index is 159. The molecule has 13 heavy (non-hydrogen) atoms. The fourth-order valence-electron chi connectivity index (χ4n) is 1.76. The number of halogens is 2. The lowest BCUT2D eigenvalue weighted by Crippen LogP contribution is -2.36. The quantitative estimate of drug-likeness (QED) is 0.568. The van der Waals surface area contributed by atoms with Crippen molar-refractivity contribution in [1.82, 2.24) is 0 Å². The van der Waals surface area contributed by atoms with Crippen LogP contribution in [0, 0.1) is 5.92 Å². The van der Waals surface area contributed by atoms with E-state index in [0.717, 1.165) is 10.3 Å². The normalized spacial score (nSPS) is 33.2. The van der Waals surface area contributed by atoms with E-state index in [4.69, 9.17) is 16.3 Å². The summed E-state index contributed by atoms with van der Waals surface area (Å²) in [5.74, 6) is 1.43. The molecule has 0 N–H and O–H groups in total. The average Bonchev–Trinajstić information content (AvgIpc) is 2.51. The molecule has 3 heteroatoms. The van der Waals surface area contributed by atoms with Gasteiger partial charge in [-0.15, -0.1) is 11.6 Å². The summed E-state index contributed by atoms with van der Waals surface area (Å²) < 4.78 is 7.00. The molecule has 3 atom stereocenters. The van der Waals surface area contributed by atoms with E-state index in [1.54, 1.807) is 0 Å². The van der Waals surface area contributed by atoms with Crippen molar-refractivity contribution in [2.75, 3.05) is 10.3 Å². The molecule has 0 aromatic rings. The Hall–Kier alpha value is 0.980. The van der Waals surface area contributed by atoms with Crippen LogP contribution in [-0.2, 0) is 4.74 Å². The Morgan fingerprint density at radius 3 is 2.62 bits per heavy atom. The first-order valence-electron chi connectivity index (χ1n) is 4.89. The maximum absolute atomic E-state index is 6.03. The molecule has 0 heterocycles. The number of hydrogen-bond acceptors (Lipinski definition) is 1. The first-order valence-corrected chi connectivity index (χ1v) is 6.95. The molecule has 1 aliphatic rings. The van der Waals surface area contributed by atoms with Crippen molar-refractivity contribution < 1.29 is 4.74 Å². The fourth-order valence-corrected chi connectivity index (χ4v) is 2.69. The Kier molecular flexibility index (Phi) is 4.79. The minimum Gasteiger partial charge on any atom is -0.370 e. The standard InChI is InChI=1S/C10H18ClIO/c1-8-3-4-9(5-8)13-10(2,6-11)7-12/h8-9H,3-7H2,1-2H3. The smallest absolute Gasteiger partial charge is 0.0881 e. The van der Waals surface area contributed by atoms with Crippen molar-refractivity contribution in [3.8, 4) is 0 Å². The zero-order valence-electron chi connectivity index (χ0n) is 8.35. The van der Waals surface area contributed by atoms with Crippen LogP contribution < -0.4 is 0 Å². The van der Waals surface area contributed by atoms with E-state index in [9.17, 15) is 0 Å². The summed E-state index contributed by atoms with van der Waals surface area (Å²) in [5, 5.41) is 0. The number of alkyl halides is 2. The zero-order chi connectivity index (χ0) is 9.90. The van der Waals surface area contributed by atoms with E-state index >= 15 is 0 Å². The van der Waals surface area contributed by atoms with Crippen molar-refractivity contribution in [2.45, 2.75) is 44.8 Å². The molecule has 3 unspecified atom stereocenters. The topological polar surface area (TPSA) is 9.23 Å². The van der Waals surface area contributed by atoms with Crippen LogP contribution in [0.5, 0.6) is 0 Å². The summed E-state index contributed by atoms with van der Waals surface area (Å²) in [6.45, 7) is 4.40. The third-order valence-corrected chi connectivity index (χ3v) is 4.84. The molecular weight excluding hydrogens is 298 g/mol. The molecule has 1 saturated carbocycles. The van der Waals surface area contributed by atoms with Gasteiger partial charge in [0.05, 0.1) is 17.6 Å². The summed E-state index contributed by atoms with van der Waals surface area (Å²) in [4.78, 5) is 0. The fraction of sp³-hybridized carbons (Fsp3) is 1.00. The Balaban J connectivity index is 2.38. The molecule has 0 spiro atoms. The summed E-state index contributed by atoms with van der Waals surface area (Å²) in [7, 11) is 0. The minimum absolute atomic E-state index is 0.114. The van der Waals surface area contributed by atoms with Gasteiger partial charge < -0.3 is 4.74 Å². The van der Waals surface area contributed by atoms with Gasteiger partial charge in [0, 0.05) is 4.43 Å². The van der Waals surface area contributed by atoms with Crippen molar-refractivity contribution in [3.05, 3.63) is 0 Å². The third-order valence-electron chi connectivity index (χ3n) is 2.66. The summed E-state index contributed by atoms with van der Waals surface area (Å²) in [6.07, 6.45) is 4.19. The third kappa shape index (κ3) is 3.56. The average molecular weight is 317 g/mol. The number of ether oxygens (including phenoxy) is 1. The maximum atomic E-state index is 6.03. The van der Waals surface area contributed by atoms with Gasteiger partial charge in [-0.2, -0.15) is 0 Å². The van der Waals surface area contributed by atoms with Gasteiger partial charge >= 0.3 is 0 Å². The van der Waals surface area contributed by atoms with Gasteiger partial charge in [-0.3, -0.25) is 0 Å². The zero-order valence-corrected chi connectivity index (χ0v) is 11.3. The van der Waals surface area contributed by atoms with E-state index in [2.05, 4.69) is 36.4 Å². The molecule has 0 bridgehead atoms. The molecule has 1 fully saturated rings. The highest BCUT2D eigenvalue weighted by Gasteiger charge is 2.30. The first kappa shape index (κ1) is 12.1. The van der Waals surface area contributed by atoms with Crippen LogP contribution in [0.15, 0.2) is 0 Å². The highest BCUT2D eigenvalue weighted by atomic mass is 127. The van der Waals surface area contributed by atoms with Crippen LogP contribution in [0.1, 0.15) is 33.1 Å². The van der Waals surface area contributed by atoms with Crippen molar-refractivity contribution in [2.24, 2.45) is 5.92 Å². The monoisotopic (exact) mass is 316 g/mol. The van der Waals surface area contributed by atoms with Crippen LogP contribution in [0.3, 0.4) is 0 Å². The first-order chi connectivity index (χ1) is 6.09. The van der Waals surface area contributed by atoms with Gasteiger partial charge in [0.2, 0.25) is 0 Å². The van der Waals surface area contributed by atoms with Crippen LogP contribution in [0.2, 0.25) is 0 Å². The molecule has 0 amide bonds. The van der Waals surface area contributed by atoms with Crippen LogP contribution >= 0.6 is 34.2 Å². The second kappa shape index (κ2) is 5.17. The lowest BCUT2D eigenvalue weighted by Gasteiger charge is -2.29. The second-order valence-electron chi connectivity index (χ2n) is 4.38. The van der Waals surface area contributed by atoms with Gasteiger partial charge in [0.15, 0.2) is 0 Å². The highest BCUT2D eigenvalue weighted by molar-refractivity contribution is 14.1. The van der Waals surface area contributed by atoms with Gasteiger partial charge in [-0.05, 0) is 32.1 Å². The van der Waals surface area contributed by atoms with Gasteiger partial charge in [0.25, 0.3) is 0 Å². The number of rotatable bonds is 4. The molecule has 0 aromatic carbocycles. The van der Waals surface area contributed by atoms with Crippen molar-refractivity contribution in [1.29, 1.82) is 0 Å². The second-order valence-corrected chi connectivity index (χ2v) is 5.41. The van der Waals surface area contributed by atoms with Gasteiger partial charge in [-0.25, -0.2) is 0 Å². The molecular formula is C10H18ClIO. The molecule has 78 valence electrons. The van der Waals surface area contributed by atoms with E-state index < -0.39 is 0 Å². The highest BCUT2D eigenvalue weighted by Crippen LogP contribution is 2.31. The molecule has 0 radical (unpaired) electrons. The van der Waals surface area contributed by atoms with Crippen molar-refractivity contribution >= 4 is 34.2 Å². The summed E-state index contributed by atoms with van der Waals surface area (Å²) >= 11 is 8.24. The van der Waals surface area contributed by atoms with Crippen LogP contribution in [-0.4, -0.2) is 22.0 Å². The molecule has 0 aromatic heterocycles. The van der Waals surface area contributed by atoms with Gasteiger partial charge in [-0.1, -0.05) is 29.5 Å². The predicted octanol–water partition coefficient (Wildman–Crippen LogP) is 3.62. The van der Waals surface area contributed by atoms with E-state index in [1.165, 1.54) is 19.3 Å². The molecule has 0 saturated heterocycles. The maximum Gasteiger partial charge on any atom is 0.0881 e. The molecule has 1 nitrogen and oxygen atoms in total.